The van der Waals surface area contributed by atoms with E-state index >= 15 is 0 Å². The van der Waals surface area contributed by atoms with Gasteiger partial charge in [0, 0.05) is 12.7 Å². The summed E-state index contributed by atoms with van der Waals surface area (Å²) in [5.74, 6) is -0.0103. The summed E-state index contributed by atoms with van der Waals surface area (Å²) in [6.45, 7) is 3.60. The monoisotopic (exact) mass is 464 g/mol. The number of hydrogen-bond donors (Lipinski definition) is 0. The smallest absolute Gasteiger partial charge is 0.427 e. The fourth-order valence-electron chi connectivity index (χ4n) is 3.43. The molecule has 31 heavy (non-hydrogen) atoms. The molecular formula is C20H21ClN4O5S. The second-order valence-corrected chi connectivity index (χ2v) is 9.38. The third-order valence-electron chi connectivity index (χ3n) is 4.97. The number of ether oxygens (including phenoxy) is 2. The topological polar surface area (TPSA) is 104 Å². The van der Waals surface area contributed by atoms with Gasteiger partial charge in [-0.25, -0.2) is 13.2 Å². The van der Waals surface area contributed by atoms with Crippen molar-refractivity contribution in [3.8, 4) is 0 Å². The van der Waals surface area contributed by atoms with Gasteiger partial charge in [-0.3, -0.25) is 0 Å². The van der Waals surface area contributed by atoms with E-state index in [1.807, 2.05) is 17.9 Å². The Bertz CT molecular complexity index is 1200. The number of anilines is 1. The molecule has 1 fully saturated rings. The molecule has 1 aromatic carbocycles. The number of hydrogen-bond acceptors (Lipinski definition) is 8. The molecule has 0 unspecified atom stereocenters. The molecule has 3 aromatic rings. The maximum Gasteiger partial charge on any atom is 0.427 e. The summed E-state index contributed by atoms with van der Waals surface area (Å²) < 4.78 is 37.0. The van der Waals surface area contributed by atoms with Gasteiger partial charge >= 0.3 is 5.30 Å². The Labute approximate surface area is 184 Å². The van der Waals surface area contributed by atoms with E-state index in [1.165, 1.54) is 4.57 Å². The Morgan fingerprint density at radius 3 is 2.77 bits per heavy atom. The SMILES string of the molecule is C[C@@H]1COCCN1c1nc(Cl)nc2c1ccn2CS(=O)(=O)C(=O)OCc1ccccc1. The lowest BCUT2D eigenvalue weighted by molar-refractivity contribution is 0.0987. The predicted molar refractivity (Wildman–Crippen MR) is 116 cm³/mol. The number of carbonyl (C=O) groups excluding carboxylic acids is 1. The van der Waals surface area contributed by atoms with E-state index in [-0.39, 0.29) is 17.9 Å². The summed E-state index contributed by atoms with van der Waals surface area (Å²) in [5, 5.41) is -0.656. The van der Waals surface area contributed by atoms with E-state index in [4.69, 9.17) is 21.1 Å². The largest absolute Gasteiger partial charge is 0.449 e. The first-order chi connectivity index (χ1) is 14.8. The molecule has 0 spiro atoms. The fraction of sp³-hybridized carbons (Fsp3) is 0.350. The lowest BCUT2D eigenvalue weighted by atomic mass is 10.2. The molecule has 0 N–H and O–H groups in total. The van der Waals surface area contributed by atoms with E-state index in [1.54, 1.807) is 36.5 Å². The van der Waals surface area contributed by atoms with Gasteiger partial charge in [0.25, 0.3) is 9.84 Å². The molecule has 1 saturated heterocycles. The van der Waals surface area contributed by atoms with Crippen LogP contribution in [-0.4, -0.2) is 54.1 Å². The molecule has 1 aliphatic rings. The number of rotatable bonds is 5. The predicted octanol–water partition coefficient (Wildman–Crippen LogP) is 3.02. The maximum absolute atomic E-state index is 12.6. The second kappa shape index (κ2) is 8.81. The van der Waals surface area contributed by atoms with Gasteiger partial charge in [0.1, 0.15) is 23.9 Å². The molecule has 4 rings (SSSR count). The van der Waals surface area contributed by atoms with Crippen molar-refractivity contribution in [2.45, 2.75) is 25.4 Å². The lowest BCUT2D eigenvalue weighted by Gasteiger charge is -2.34. The van der Waals surface area contributed by atoms with Crippen LogP contribution in [0, 0.1) is 0 Å². The van der Waals surface area contributed by atoms with Crippen LogP contribution in [-0.2, 0) is 31.8 Å². The standard InChI is InChI=1S/C20H21ClN4O5S/c1-14-11-29-10-9-25(14)18-16-7-8-24(17(16)22-19(21)23-18)13-31(27,28)20(26)30-12-15-5-3-2-4-6-15/h2-8,14H,9-13H2,1H3/t14-/m1/s1. The number of morpholine rings is 1. The van der Waals surface area contributed by atoms with Crippen LogP contribution in [0.25, 0.3) is 11.0 Å². The van der Waals surface area contributed by atoms with Gasteiger partial charge in [-0.1, -0.05) is 30.3 Å². The summed E-state index contributed by atoms with van der Waals surface area (Å²) in [7, 11) is -4.24. The molecule has 1 aliphatic heterocycles. The summed E-state index contributed by atoms with van der Waals surface area (Å²) >= 11 is 6.14. The average Bonchev–Trinajstić information content (AvgIpc) is 3.14. The van der Waals surface area contributed by atoms with Crippen LogP contribution in [0.1, 0.15) is 12.5 Å². The van der Waals surface area contributed by atoms with E-state index in [0.29, 0.717) is 42.2 Å². The van der Waals surface area contributed by atoms with Gasteiger partial charge in [0.2, 0.25) is 5.28 Å². The zero-order chi connectivity index (χ0) is 22.0. The zero-order valence-corrected chi connectivity index (χ0v) is 18.3. The Hall–Kier alpha value is -2.69. The minimum atomic E-state index is -4.24. The number of nitrogens with zero attached hydrogens (tertiary/aromatic N) is 4. The van der Waals surface area contributed by atoms with Crippen LogP contribution >= 0.6 is 11.6 Å². The molecule has 0 amide bonds. The van der Waals surface area contributed by atoms with Gasteiger partial charge in [-0.2, -0.15) is 9.97 Å². The highest BCUT2D eigenvalue weighted by atomic mass is 35.5. The van der Waals surface area contributed by atoms with Gasteiger partial charge in [0.15, 0.2) is 0 Å². The van der Waals surface area contributed by atoms with Crippen LogP contribution in [0.2, 0.25) is 5.28 Å². The van der Waals surface area contributed by atoms with Crippen molar-refractivity contribution in [1.82, 2.24) is 14.5 Å². The fourth-order valence-corrected chi connectivity index (χ4v) is 4.51. The van der Waals surface area contributed by atoms with Gasteiger partial charge in [-0.05, 0) is 30.2 Å². The molecule has 2 aromatic heterocycles. The first-order valence-electron chi connectivity index (χ1n) is 9.65. The summed E-state index contributed by atoms with van der Waals surface area (Å²) in [6, 6.07) is 10.6. The van der Waals surface area contributed by atoms with E-state index in [2.05, 4.69) is 9.97 Å². The van der Waals surface area contributed by atoms with Crippen molar-refractivity contribution in [3.63, 3.8) is 0 Å². The van der Waals surface area contributed by atoms with Gasteiger partial charge < -0.3 is 18.9 Å². The molecule has 3 heterocycles. The number of fused-ring (bicyclic) bond motifs is 1. The van der Waals surface area contributed by atoms with Crippen molar-refractivity contribution < 1.29 is 22.7 Å². The Kier molecular flexibility index (Phi) is 6.12. The number of sulfone groups is 1. The highest BCUT2D eigenvalue weighted by molar-refractivity contribution is 8.04. The molecule has 164 valence electrons. The average molecular weight is 465 g/mol. The van der Waals surface area contributed by atoms with Crippen LogP contribution in [0.5, 0.6) is 0 Å². The highest BCUT2D eigenvalue weighted by Crippen LogP contribution is 2.29. The number of benzene rings is 1. The Morgan fingerprint density at radius 2 is 2.03 bits per heavy atom. The van der Waals surface area contributed by atoms with Crippen LogP contribution in [0.3, 0.4) is 0 Å². The number of carbonyl (C=O) groups is 1. The van der Waals surface area contributed by atoms with Crippen molar-refractivity contribution in [2.24, 2.45) is 0 Å². The Morgan fingerprint density at radius 1 is 1.26 bits per heavy atom. The minimum Gasteiger partial charge on any atom is -0.449 e. The molecule has 0 radical (unpaired) electrons. The highest BCUT2D eigenvalue weighted by Gasteiger charge is 2.28. The number of halogens is 1. The van der Waals surface area contributed by atoms with Crippen molar-refractivity contribution in [2.75, 3.05) is 24.7 Å². The van der Waals surface area contributed by atoms with Crippen molar-refractivity contribution >= 4 is 43.6 Å². The van der Waals surface area contributed by atoms with Gasteiger partial charge in [-0.15, -0.1) is 0 Å². The molecule has 0 aliphatic carbocycles. The summed E-state index contributed by atoms with van der Waals surface area (Å²) in [5.41, 5.74) is 1.02. The summed E-state index contributed by atoms with van der Waals surface area (Å²) in [6.07, 6.45) is 1.55. The zero-order valence-electron chi connectivity index (χ0n) is 16.8. The van der Waals surface area contributed by atoms with Gasteiger partial charge in [0.05, 0.1) is 24.6 Å². The molecule has 0 bridgehead atoms. The van der Waals surface area contributed by atoms with Crippen LogP contribution in [0.15, 0.2) is 42.6 Å². The molecule has 0 saturated carbocycles. The Balaban J connectivity index is 1.57. The third-order valence-corrected chi connectivity index (χ3v) is 6.39. The molecule has 9 nitrogen and oxygen atoms in total. The van der Waals surface area contributed by atoms with E-state index in [9.17, 15) is 13.2 Å². The lowest BCUT2D eigenvalue weighted by Crippen LogP contribution is -2.44. The van der Waals surface area contributed by atoms with E-state index in [0.717, 1.165) is 0 Å². The molecule has 11 heteroatoms. The van der Waals surface area contributed by atoms with Crippen LogP contribution < -0.4 is 4.90 Å². The normalized spacial score (nSPS) is 17.1. The molecule has 1 atom stereocenters. The first kappa shape index (κ1) is 21.5. The van der Waals surface area contributed by atoms with Crippen molar-refractivity contribution in [1.29, 1.82) is 0 Å². The third kappa shape index (κ3) is 4.65. The molecular weight excluding hydrogens is 444 g/mol. The quantitative estimate of drug-likeness (QED) is 0.419. The van der Waals surface area contributed by atoms with Crippen LogP contribution in [0.4, 0.5) is 10.6 Å². The first-order valence-corrected chi connectivity index (χ1v) is 11.7. The maximum atomic E-state index is 12.6. The van der Waals surface area contributed by atoms with Crippen molar-refractivity contribution in [3.05, 3.63) is 53.4 Å². The second-order valence-electron chi connectivity index (χ2n) is 7.22. The summed E-state index contributed by atoms with van der Waals surface area (Å²) in [4.78, 5) is 22.8. The number of aromatic nitrogens is 3. The van der Waals surface area contributed by atoms with E-state index < -0.39 is 21.0 Å². The minimum absolute atomic E-state index is 0.00908.